The van der Waals surface area contributed by atoms with Gasteiger partial charge in [-0.1, -0.05) is 12.1 Å². The van der Waals surface area contributed by atoms with Crippen LogP contribution >= 0.6 is 11.3 Å². The molecule has 2 rings (SSSR count). The van der Waals surface area contributed by atoms with Crippen LogP contribution in [-0.2, 0) is 0 Å². The molecule has 1 N–H and O–H groups in total. The van der Waals surface area contributed by atoms with Gasteiger partial charge < -0.3 is 5.32 Å². The third kappa shape index (κ3) is 3.28. The second-order valence-corrected chi connectivity index (χ2v) is 6.76. The maximum Gasteiger partial charge on any atom is 0.114 e. The monoisotopic (exact) mass is 288 g/mol. The van der Waals surface area contributed by atoms with Crippen molar-refractivity contribution in [1.29, 1.82) is 0 Å². The lowest BCUT2D eigenvalue weighted by Gasteiger charge is -2.22. The first-order chi connectivity index (χ1) is 9.38. The Morgan fingerprint density at radius 2 is 1.65 bits per heavy atom. The summed E-state index contributed by atoms with van der Waals surface area (Å²) in [7, 11) is 0. The zero-order valence-electron chi connectivity index (χ0n) is 13.2. The zero-order chi connectivity index (χ0) is 14.9. The minimum absolute atomic E-state index is 0.188. The summed E-state index contributed by atoms with van der Waals surface area (Å²) in [4.78, 5) is 4.69. The van der Waals surface area contributed by atoms with Crippen LogP contribution in [0.1, 0.15) is 52.8 Å². The molecule has 0 amide bonds. The first-order valence-electron chi connectivity index (χ1n) is 7.14. The number of hydrogen-bond donors (Lipinski definition) is 1. The molecular weight excluding hydrogens is 264 g/mol. The summed E-state index contributed by atoms with van der Waals surface area (Å²) in [5.41, 5.74) is 6.47. The molecule has 1 heterocycles. The molecule has 3 heteroatoms. The first kappa shape index (κ1) is 15.2. The van der Waals surface area contributed by atoms with Crippen molar-refractivity contribution < 1.29 is 0 Å². The highest BCUT2D eigenvalue weighted by atomic mass is 32.1. The first-order valence-corrected chi connectivity index (χ1v) is 8.02. The van der Waals surface area contributed by atoms with Crippen LogP contribution < -0.4 is 5.32 Å². The number of thiazole rings is 1. The molecule has 0 fully saturated rings. The van der Waals surface area contributed by atoms with Crippen molar-refractivity contribution in [2.24, 2.45) is 0 Å². The third-order valence-electron chi connectivity index (χ3n) is 3.58. The van der Waals surface area contributed by atoms with E-state index < -0.39 is 0 Å². The Kier molecular flexibility index (Phi) is 4.61. The lowest BCUT2D eigenvalue weighted by atomic mass is 9.95. The van der Waals surface area contributed by atoms with Gasteiger partial charge >= 0.3 is 0 Å². The molecule has 0 aliphatic heterocycles. The predicted octanol–water partition coefficient (Wildman–Crippen LogP) is 4.46. The van der Waals surface area contributed by atoms with Crippen LogP contribution in [0, 0.1) is 27.7 Å². The minimum atomic E-state index is 0.188. The fourth-order valence-corrected chi connectivity index (χ4v) is 3.30. The zero-order valence-corrected chi connectivity index (χ0v) is 14.1. The molecule has 0 radical (unpaired) electrons. The van der Waals surface area contributed by atoms with Gasteiger partial charge in [0.15, 0.2) is 0 Å². The maximum atomic E-state index is 4.69. The molecule has 0 saturated heterocycles. The molecule has 0 saturated carbocycles. The van der Waals surface area contributed by atoms with Crippen LogP contribution in [-0.4, -0.2) is 11.0 Å². The molecule has 1 atom stereocenters. The summed E-state index contributed by atoms with van der Waals surface area (Å²) < 4.78 is 0. The van der Waals surface area contributed by atoms with Gasteiger partial charge in [0.2, 0.25) is 0 Å². The molecule has 0 spiro atoms. The number of nitrogens with one attached hydrogen (secondary N) is 1. The molecule has 20 heavy (non-hydrogen) atoms. The molecule has 0 bridgehead atoms. The fourth-order valence-electron chi connectivity index (χ4n) is 2.43. The fraction of sp³-hybridized carbons (Fsp3) is 0.471. The molecular formula is C17H24N2S. The van der Waals surface area contributed by atoms with Gasteiger partial charge in [-0.15, -0.1) is 11.3 Å². The standard InChI is InChI=1S/C17H24N2S/c1-10(2)18-16(17-19-14(6)9-20-17)15-8-12(4)11(3)7-13(15)5/h7-10,16,18H,1-6H3. The molecule has 1 aromatic carbocycles. The molecule has 0 aliphatic rings. The normalized spacial score (nSPS) is 12.9. The van der Waals surface area contributed by atoms with Crippen molar-refractivity contribution in [1.82, 2.24) is 10.3 Å². The third-order valence-corrected chi connectivity index (χ3v) is 4.60. The van der Waals surface area contributed by atoms with Gasteiger partial charge in [-0.25, -0.2) is 4.98 Å². The highest BCUT2D eigenvalue weighted by Gasteiger charge is 2.20. The molecule has 1 unspecified atom stereocenters. The quantitative estimate of drug-likeness (QED) is 0.898. The van der Waals surface area contributed by atoms with E-state index >= 15 is 0 Å². The topological polar surface area (TPSA) is 24.9 Å². The average Bonchev–Trinajstić information content (AvgIpc) is 2.77. The number of nitrogens with zero attached hydrogens (tertiary/aromatic N) is 1. The maximum absolute atomic E-state index is 4.69. The highest BCUT2D eigenvalue weighted by Crippen LogP contribution is 2.29. The van der Waals surface area contributed by atoms with Crippen LogP contribution in [0.5, 0.6) is 0 Å². The van der Waals surface area contributed by atoms with Crippen LogP contribution in [0.3, 0.4) is 0 Å². The Hall–Kier alpha value is -1.19. The van der Waals surface area contributed by atoms with Crippen molar-refractivity contribution in [3.8, 4) is 0 Å². The number of hydrogen-bond acceptors (Lipinski definition) is 3. The van der Waals surface area contributed by atoms with Crippen molar-refractivity contribution in [3.05, 3.63) is 50.5 Å². The highest BCUT2D eigenvalue weighted by molar-refractivity contribution is 7.09. The Morgan fingerprint density at radius 3 is 2.20 bits per heavy atom. The summed E-state index contributed by atoms with van der Waals surface area (Å²) >= 11 is 1.74. The van der Waals surface area contributed by atoms with E-state index in [1.807, 2.05) is 0 Å². The van der Waals surface area contributed by atoms with Gasteiger partial charge in [0.05, 0.1) is 6.04 Å². The second kappa shape index (κ2) is 6.06. The Morgan fingerprint density at radius 1 is 1.00 bits per heavy atom. The molecule has 1 aromatic heterocycles. The Labute approximate surface area is 126 Å². The van der Waals surface area contributed by atoms with Crippen molar-refractivity contribution in [2.75, 3.05) is 0 Å². The van der Waals surface area contributed by atoms with E-state index in [0.717, 1.165) is 10.7 Å². The lowest BCUT2D eigenvalue weighted by Crippen LogP contribution is -2.29. The molecule has 108 valence electrons. The van der Waals surface area contributed by atoms with E-state index in [4.69, 9.17) is 0 Å². The molecule has 2 aromatic rings. The number of aryl methyl sites for hydroxylation is 4. The van der Waals surface area contributed by atoms with Crippen LogP contribution in [0.2, 0.25) is 0 Å². The van der Waals surface area contributed by atoms with Gasteiger partial charge in [-0.2, -0.15) is 0 Å². The van der Waals surface area contributed by atoms with Gasteiger partial charge in [-0.05, 0) is 63.8 Å². The van der Waals surface area contributed by atoms with Gasteiger partial charge in [-0.3, -0.25) is 0 Å². The summed E-state index contributed by atoms with van der Waals surface area (Å²) in [5, 5.41) is 6.94. The van der Waals surface area contributed by atoms with Gasteiger partial charge in [0.25, 0.3) is 0 Å². The Balaban J connectivity index is 2.49. The van der Waals surface area contributed by atoms with E-state index in [0.29, 0.717) is 6.04 Å². The largest absolute Gasteiger partial charge is 0.302 e. The van der Waals surface area contributed by atoms with Crippen LogP contribution in [0.15, 0.2) is 17.5 Å². The summed E-state index contributed by atoms with van der Waals surface area (Å²) in [6.07, 6.45) is 0. The van der Waals surface area contributed by atoms with E-state index in [2.05, 4.69) is 69.4 Å². The predicted molar refractivity (Wildman–Crippen MR) is 87.6 cm³/mol. The lowest BCUT2D eigenvalue weighted by molar-refractivity contribution is 0.525. The van der Waals surface area contributed by atoms with Crippen LogP contribution in [0.4, 0.5) is 0 Å². The second-order valence-electron chi connectivity index (χ2n) is 5.87. The van der Waals surface area contributed by atoms with E-state index in [1.54, 1.807) is 11.3 Å². The van der Waals surface area contributed by atoms with Crippen molar-refractivity contribution >= 4 is 11.3 Å². The van der Waals surface area contributed by atoms with E-state index in [-0.39, 0.29) is 6.04 Å². The molecule has 2 nitrogen and oxygen atoms in total. The molecule has 0 aliphatic carbocycles. The van der Waals surface area contributed by atoms with Crippen LogP contribution in [0.25, 0.3) is 0 Å². The van der Waals surface area contributed by atoms with E-state index in [9.17, 15) is 0 Å². The average molecular weight is 288 g/mol. The number of rotatable bonds is 4. The Bertz CT molecular complexity index is 599. The van der Waals surface area contributed by atoms with E-state index in [1.165, 1.54) is 22.3 Å². The summed E-state index contributed by atoms with van der Waals surface area (Å²) in [6, 6.07) is 5.19. The summed E-state index contributed by atoms with van der Waals surface area (Å²) in [6.45, 7) is 13.0. The van der Waals surface area contributed by atoms with Gasteiger partial charge in [0.1, 0.15) is 5.01 Å². The summed E-state index contributed by atoms with van der Waals surface area (Å²) in [5.74, 6) is 0. The SMILES string of the molecule is Cc1csc(C(NC(C)C)c2cc(C)c(C)cc2C)n1. The smallest absolute Gasteiger partial charge is 0.114 e. The van der Waals surface area contributed by atoms with Gasteiger partial charge in [0, 0.05) is 17.1 Å². The van der Waals surface area contributed by atoms with Crippen molar-refractivity contribution in [3.63, 3.8) is 0 Å². The number of aromatic nitrogens is 1. The minimum Gasteiger partial charge on any atom is -0.302 e. The van der Waals surface area contributed by atoms with Crippen molar-refractivity contribution in [2.45, 2.75) is 53.6 Å². The number of benzene rings is 1.